The number of carbonyl (C=O) groups excluding carboxylic acids is 1. The summed E-state index contributed by atoms with van der Waals surface area (Å²) in [6.45, 7) is 1.86. The molecule has 0 heterocycles. The van der Waals surface area contributed by atoms with Crippen LogP contribution in [0.25, 0.3) is 0 Å². The van der Waals surface area contributed by atoms with Gasteiger partial charge in [-0.3, -0.25) is 4.79 Å². The standard InChI is InChI=1S/C15H16N2O3/c1-9-7-10(3-6-13(9)16)17-15(19)12-5-4-11(20-2)8-14(12)18/h3-8,18H,16H2,1-2H3,(H,17,19). The molecule has 104 valence electrons. The third-order valence-electron chi connectivity index (χ3n) is 2.98. The number of anilines is 2. The summed E-state index contributed by atoms with van der Waals surface area (Å²) < 4.78 is 4.97. The van der Waals surface area contributed by atoms with E-state index in [1.165, 1.54) is 19.2 Å². The zero-order chi connectivity index (χ0) is 14.7. The molecule has 0 saturated carbocycles. The number of aromatic hydroxyl groups is 1. The second-order valence-corrected chi connectivity index (χ2v) is 4.41. The number of carbonyl (C=O) groups is 1. The first-order valence-corrected chi connectivity index (χ1v) is 6.05. The van der Waals surface area contributed by atoms with Crippen LogP contribution in [0.4, 0.5) is 11.4 Å². The number of methoxy groups -OCH3 is 1. The van der Waals surface area contributed by atoms with Crippen LogP contribution in [0.1, 0.15) is 15.9 Å². The van der Waals surface area contributed by atoms with Crippen molar-refractivity contribution in [2.45, 2.75) is 6.92 Å². The number of phenolic OH excluding ortho intramolecular Hbond substituents is 1. The number of hydrogen-bond acceptors (Lipinski definition) is 4. The lowest BCUT2D eigenvalue weighted by Gasteiger charge is -2.09. The molecule has 0 unspecified atom stereocenters. The summed E-state index contributed by atoms with van der Waals surface area (Å²) in [6.07, 6.45) is 0. The van der Waals surface area contributed by atoms with Crippen LogP contribution in [-0.2, 0) is 0 Å². The molecule has 0 fully saturated rings. The average Bonchev–Trinajstić information content (AvgIpc) is 2.42. The molecule has 5 nitrogen and oxygen atoms in total. The molecule has 2 aromatic carbocycles. The number of nitrogens with two attached hydrogens (primary N) is 1. The lowest BCUT2D eigenvalue weighted by atomic mass is 10.1. The summed E-state index contributed by atoms with van der Waals surface area (Å²) in [4.78, 5) is 12.1. The number of nitrogen functional groups attached to an aromatic ring is 1. The van der Waals surface area contributed by atoms with Gasteiger partial charge in [0.25, 0.3) is 5.91 Å². The summed E-state index contributed by atoms with van der Waals surface area (Å²) in [5, 5.41) is 12.5. The Labute approximate surface area is 117 Å². The minimum Gasteiger partial charge on any atom is -0.507 e. The van der Waals surface area contributed by atoms with Gasteiger partial charge in [-0.25, -0.2) is 0 Å². The van der Waals surface area contributed by atoms with Crippen molar-refractivity contribution in [1.82, 2.24) is 0 Å². The highest BCUT2D eigenvalue weighted by molar-refractivity contribution is 6.06. The second-order valence-electron chi connectivity index (χ2n) is 4.41. The van der Waals surface area contributed by atoms with Crippen molar-refractivity contribution in [3.8, 4) is 11.5 Å². The van der Waals surface area contributed by atoms with Crippen molar-refractivity contribution in [3.05, 3.63) is 47.5 Å². The minimum absolute atomic E-state index is 0.131. The van der Waals surface area contributed by atoms with E-state index in [0.717, 1.165) is 5.56 Å². The summed E-state index contributed by atoms with van der Waals surface area (Å²) in [6, 6.07) is 9.72. The summed E-state index contributed by atoms with van der Waals surface area (Å²) >= 11 is 0. The number of nitrogens with one attached hydrogen (secondary N) is 1. The van der Waals surface area contributed by atoms with Crippen molar-refractivity contribution in [1.29, 1.82) is 0 Å². The van der Waals surface area contributed by atoms with Gasteiger partial charge in [0.1, 0.15) is 11.5 Å². The fourth-order valence-corrected chi connectivity index (χ4v) is 1.78. The number of benzene rings is 2. The number of aryl methyl sites for hydroxylation is 1. The van der Waals surface area contributed by atoms with Crippen molar-refractivity contribution < 1.29 is 14.6 Å². The molecule has 4 N–H and O–H groups in total. The van der Waals surface area contributed by atoms with E-state index in [1.807, 2.05) is 6.92 Å². The quantitative estimate of drug-likeness (QED) is 0.750. The van der Waals surface area contributed by atoms with Crippen molar-refractivity contribution in [2.24, 2.45) is 0 Å². The Balaban J connectivity index is 2.21. The maximum Gasteiger partial charge on any atom is 0.259 e. The molecule has 0 aliphatic carbocycles. The molecule has 0 saturated heterocycles. The van der Waals surface area contributed by atoms with Crippen LogP contribution in [0, 0.1) is 6.92 Å². The Hall–Kier alpha value is -2.69. The molecule has 2 aromatic rings. The average molecular weight is 272 g/mol. The van der Waals surface area contributed by atoms with Crippen LogP contribution in [0.3, 0.4) is 0 Å². The fraction of sp³-hybridized carbons (Fsp3) is 0.133. The number of ether oxygens (including phenoxy) is 1. The number of amides is 1. The van der Waals surface area contributed by atoms with Gasteiger partial charge in [-0.05, 0) is 42.8 Å². The molecular weight excluding hydrogens is 256 g/mol. The fourth-order valence-electron chi connectivity index (χ4n) is 1.78. The molecule has 0 aliphatic rings. The van der Waals surface area contributed by atoms with Gasteiger partial charge in [0.05, 0.1) is 12.7 Å². The van der Waals surface area contributed by atoms with Gasteiger partial charge in [0, 0.05) is 17.4 Å². The second kappa shape index (κ2) is 5.52. The van der Waals surface area contributed by atoms with Crippen LogP contribution in [0.5, 0.6) is 11.5 Å². The highest BCUT2D eigenvalue weighted by Gasteiger charge is 2.12. The third kappa shape index (κ3) is 2.83. The molecular formula is C15H16N2O3. The molecule has 0 radical (unpaired) electrons. The lowest BCUT2D eigenvalue weighted by Crippen LogP contribution is -2.12. The van der Waals surface area contributed by atoms with E-state index in [0.29, 0.717) is 17.1 Å². The van der Waals surface area contributed by atoms with Crippen molar-refractivity contribution in [3.63, 3.8) is 0 Å². The van der Waals surface area contributed by atoms with Crippen LogP contribution in [0.2, 0.25) is 0 Å². The number of phenols is 1. The van der Waals surface area contributed by atoms with Crippen LogP contribution >= 0.6 is 0 Å². The first-order valence-electron chi connectivity index (χ1n) is 6.05. The summed E-state index contributed by atoms with van der Waals surface area (Å²) in [5.74, 6) is -0.0364. The third-order valence-corrected chi connectivity index (χ3v) is 2.98. The first kappa shape index (κ1) is 13.7. The van der Waals surface area contributed by atoms with Crippen molar-refractivity contribution >= 4 is 17.3 Å². The largest absolute Gasteiger partial charge is 0.507 e. The van der Waals surface area contributed by atoms with E-state index in [-0.39, 0.29) is 11.3 Å². The number of rotatable bonds is 3. The Morgan fingerprint density at radius 2 is 2.00 bits per heavy atom. The van der Waals surface area contributed by atoms with Crippen LogP contribution in [0.15, 0.2) is 36.4 Å². The van der Waals surface area contributed by atoms with Gasteiger partial charge in [-0.2, -0.15) is 0 Å². The molecule has 2 rings (SSSR count). The molecule has 0 aromatic heterocycles. The van der Waals surface area contributed by atoms with Crippen molar-refractivity contribution in [2.75, 3.05) is 18.2 Å². The van der Waals surface area contributed by atoms with Gasteiger partial charge in [0.2, 0.25) is 0 Å². The molecule has 0 spiro atoms. The van der Waals surface area contributed by atoms with Gasteiger partial charge < -0.3 is 20.9 Å². The zero-order valence-corrected chi connectivity index (χ0v) is 11.3. The molecule has 5 heteroatoms. The van der Waals surface area contributed by atoms with E-state index < -0.39 is 5.91 Å². The normalized spacial score (nSPS) is 10.1. The topological polar surface area (TPSA) is 84.6 Å². The SMILES string of the molecule is COc1ccc(C(=O)Nc2ccc(N)c(C)c2)c(O)c1. The Bertz CT molecular complexity index is 654. The number of hydrogen-bond donors (Lipinski definition) is 3. The minimum atomic E-state index is -0.394. The molecule has 0 bridgehead atoms. The maximum absolute atomic E-state index is 12.1. The van der Waals surface area contributed by atoms with Crippen LogP contribution in [-0.4, -0.2) is 18.1 Å². The Kier molecular flexibility index (Phi) is 3.79. The van der Waals surface area contributed by atoms with Gasteiger partial charge in [-0.1, -0.05) is 0 Å². The van der Waals surface area contributed by atoms with Crippen LogP contribution < -0.4 is 15.8 Å². The zero-order valence-electron chi connectivity index (χ0n) is 11.3. The van der Waals surface area contributed by atoms with E-state index in [4.69, 9.17) is 10.5 Å². The molecule has 0 atom stereocenters. The maximum atomic E-state index is 12.1. The monoisotopic (exact) mass is 272 g/mol. The Morgan fingerprint density at radius 3 is 2.60 bits per heavy atom. The van der Waals surface area contributed by atoms with Gasteiger partial charge in [-0.15, -0.1) is 0 Å². The van der Waals surface area contributed by atoms with E-state index >= 15 is 0 Å². The first-order chi connectivity index (χ1) is 9.51. The van der Waals surface area contributed by atoms with Gasteiger partial charge in [0.15, 0.2) is 0 Å². The van der Waals surface area contributed by atoms with E-state index in [2.05, 4.69) is 5.32 Å². The predicted octanol–water partition coefficient (Wildman–Crippen LogP) is 2.54. The Morgan fingerprint density at radius 1 is 1.25 bits per heavy atom. The smallest absolute Gasteiger partial charge is 0.259 e. The predicted molar refractivity (Wildman–Crippen MR) is 78.2 cm³/mol. The van der Waals surface area contributed by atoms with Gasteiger partial charge >= 0.3 is 0 Å². The summed E-state index contributed by atoms with van der Waals surface area (Å²) in [7, 11) is 1.49. The highest BCUT2D eigenvalue weighted by Crippen LogP contribution is 2.25. The summed E-state index contributed by atoms with van der Waals surface area (Å²) in [5.41, 5.74) is 8.06. The molecule has 1 amide bonds. The lowest BCUT2D eigenvalue weighted by molar-refractivity contribution is 0.102. The molecule has 0 aliphatic heterocycles. The van der Waals surface area contributed by atoms with E-state index in [9.17, 15) is 9.90 Å². The highest BCUT2D eigenvalue weighted by atomic mass is 16.5. The molecule has 20 heavy (non-hydrogen) atoms. The van der Waals surface area contributed by atoms with E-state index in [1.54, 1.807) is 24.3 Å².